The summed E-state index contributed by atoms with van der Waals surface area (Å²) in [4.78, 5) is 4.91. The van der Waals surface area contributed by atoms with Gasteiger partial charge in [-0.15, -0.1) is 0 Å². The van der Waals surface area contributed by atoms with Gasteiger partial charge in [-0.05, 0) is 173 Å². The molecule has 4 aliphatic rings. The molecule has 0 spiro atoms. The van der Waals surface area contributed by atoms with Crippen LogP contribution in [0.1, 0.15) is 99.9 Å². The molecule has 0 amide bonds. The van der Waals surface area contributed by atoms with Crippen LogP contribution in [-0.2, 0) is 21.7 Å². The van der Waals surface area contributed by atoms with Crippen molar-refractivity contribution in [1.29, 1.82) is 0 Å². The largest absolute Gasteiger partial charge is 0.455 e. The van der Waals surface area contributed by atoms with Crippen LogP contribution in [0.2, 0.25) is 0 Å². The van der Waals surface area contributed by atoms with E-state index in [1.807, 2.05) is 0 Å². The van der Waals surface area contributed by atoms with Gasteiger partial charge in [-0.3, -0.25) is 0 Å². The van der Waals surface area contributed by atoms with Gasteiger partial charge < -0.3 is 14.2 Å². The van der Waals surface area contributed by atoms with Crippen LogP contribution in [-0.4, -0.2) is 0 Å². The van der Waals surface area contributed by atoms with Crippen molar-refractivity contribution in [2.75, 3.05) is 9.80 Å². The highest BCUT2D eigenvalue weighted by molar-refractivity contribution is 6.13. The van der Waals surface area contributed by atoms with Gasteiger partial charge in [-0.1, -0.05) is 237 Å². The van der Waals surface area contributed by atoms with Crippen molar-refractivity contribution in [1.82, 2.24) is 0 Å². The van der Waals surface area contributed by atoms with Crippen LogP contribution in [0.25, 0.3) is 88.7 Å². The molecule has 0 bridgehead atoms. The quantitative estimate of drug-likeness (QED) is 0.151. The zero-order valence-electron chi connectivity index (χ0n) is 50.6. The minimum Gasteiger partial charge on any atom is -0.455 e. The lowest BCUT2D eigenvalue weighted by atomic mass is 9.82. The maximum Gasteiger partial charge on any atom is 0.143 e. The Kier molecular flexibility index (Phi) is 10.8. The van der Waals surface area contributed by atoms with Gasteiger partial charge >= 0.3 is 0 Å². The average Bonchev–Trinajstić information content (AvgIpc) is 1.82. The van der Waals surface area contributed by atoms with Gasteiger partial charge in [-0.25, -0.2) is 0 Å². The number of hydrogen-bond donors (Lipinski definition) is 0. The number of nitrogens with zero attached hydrogens (tertiary/aromatic N) is 2. The molecular weight excluding hydrogens is 1050 g/mol. The SMILES string of the molecule is CC1(C)c2ccccc2-c2ccc(N(c3ccc(-c4cccc5c4oc4c(-c6ccc(N(c7ccc8c(c7)C(C)(C)c7ccccc7-8)c7ccc8c(c7)C(C)(C)c7ccccc7-8)cc6)cccc45)cc3)c3ccc4c(c3)C(C)(C)c3ccccc3-4)cc21. The molecule has 418 valence electrons. The van der Waals surface area contributed by atoms with Gasteiger partial charge in [-0.2, -0.15) is 0 Å². The molecule has 4 aliphatic carbocycles. The topological polar surface area (TPSA) is 19.6 Å². The van der Waals surface area contributed by atoms with E-state index in [-0.39, 0.29) is 21.7 Å². The summed E-state index contributed by atoms with van der Waals surface area (Å²) in [5.74, 6) is 0. The minimum absolute atomic E-state index is 0.140. The van der Waals surface area contributed by atoms with Gasteiger partial charge in [0.1, 0.15) is 11.2 Å². The van der Waals surface area contributed by atoms with E-state index in [4.69, 9.17) is 4.42 Å². The van der Waals surface area contributed by atoms with E-state index in [2.05, 4.69) is 320 Å². The summed E-state index contributed by atoms with van der Waals surface area (Å²) < 4.78 is 7.19. The molecule has 17 rings (SSSR count). The highest BCUT2D eigenvalue weighted by Crippen LogP contribution is 2.56. The monoisotopic (exact) mass is 1120 g/mol. The Hall–Kier alpha value is -9.96. The van der Waals surface area contributed by atoms with Crippen molar-refractivity contribution in [2.45, 2.75) is 77.0 Å². The van der Waals surface area contributed by atoms with Crippen LogP contribution >= 0.6 is 0 Å². The zero-order chi connectivity index (χ0) is 58.9. The zero-order valence-corrected chi connectivity index (χ0v) is 50.6. The van der Waals surface area contributed by atoms with E-state index in [0.717, 1.165) is 78.3 Å². The summed E-state index contributed by atoms with van der Waals surface area (Å²) in [5.41, 5.74) is 33.8. The van der Waals surface area contributed by atoms with E-state index in [0.29, 0.717) is 0 Å². The Bertz CT molecular complexity index is 4520. The molecule has 12 aromatic carbocycles. The summed E-state index contributed by atoms with van der Waals surface area (Å²) in [6, 6.07) is 95.5. The number of hydrogen-bond acceptors (Lipinski definition) is 3. The van der Waals surface area contributed by atoms with Crippen LogP contribution < -0.4 is 9.80 Å². The maximum absolute atomic E-state index is 7.19. The second-order valence-corrected chi connectivity index (χ2v) is 26.8. The minimum atomic E-state index is -0.140. The average molecular weight is 1120 g/mol. The van der Waals surface area contributed by atoms with E-state index in [9.17, 15) is 0 Å². The van der Waals surface area contributed by atoms with Gasteiger partial charge in [0.15, 0.2) is 0 Å². The Balaban J connectivity index is 0.744. The van der Waals surface area contributed by atoms with Crippen LogP contribution in [0.5, 0.6) is 0 Å². The van der Waals surface area contributed by atoms with Crippen molar-refractivity contribution in [3.05, 3.63) is 299 Å². The molecule has 0 atom stereocenters. The number of benzene rings is 12. The predicted molar refractivity (Wildman–Crippen MR) is 364 cm³/mol. The fourth-order valence-electron chi connectivity index (χ4n) is 16.1. The second-order valence-electron chi connectivity index (χ2n) is 26.8. The van der Waals surface area contributed by atoms with Crippen molar-refractivity contribution >= 4 is 56.1 Å². The highest BCUT2D eigenvalue weighted by Gasteiger charge is 2.40. The Morgan fingerprint density at radius 3 is 0.747 bits per heavy atom. The molecule has 87 heavy (non-hydrogen) atoms. The van der Waals surface area contributed by atoms with Gasteiger partial charge in [0.05, 0.1) is 0 Å². The molecular formula is C84H66N2O. The number of furan rings is 1. The van der Waals surface area contributed by atoms with Gasteiger partial charge in [0.2, 0.25) is 0 Å². The Labute approximate surface area is 510 Å². The number of rotatable bonds is 8. The first-order valence-electron chi connectivity index (χ1n) is 30.9. The van der Waals surface area contributed by atoms with E-state index < -0.39 is 0 Å². The molecule has 3 heteroatoms. The molecule has 0 N–H and O–H groups in total. The molecule has 0 saturated carbocycles. The number of anilines is 6. The lowest BCUT2D eigenvalue weighted by Crippen LogP contribution is -2.18. The fraction of sp³-hybridized carbons (Fsp3) is 0.143. The van der Waals surface area contributed by atoms with Crippen molar-refractivity contribution in [2.24, 2.45) is 0 Å². The molecule has 0 fully saturated rings. The Morgan fingerprint density at radius 1 is 0.218 bits per heavy atom. The molecule has 3 nitrogen and oxygen atoms in total. The third-order valence-electron chi connectivity index (χ3n) is 20.7. The van der Waals surface area contributed by atoms with Crippen molar-refractivity contribution in [3.8, 4) is 66.8 Å². The third kappa shape index (κ3) is 7.36. The first kappa shape index (κ1) is 51.5. The van der Waals surface area contributed by atoms with Gasteiger partial charge in [0, 0.05) is 77.7 Å². The summed E-state index contributed by atoms with van der Waals surface area (Å²) in [5, 5.41) is 2.20. The standard InChI is InChI=1S/C84H66N2O/c1-81(2)71-27-13-9-19-61(71)65-43-39-55(47-75(65)81)85(56-40-44-66-62-20-10-14-28-72(62)82(3,4)76(66)48-56)53-35-31-51(32-36-53)59-23-17-25-69-70-26-18-24-60(80(70)87-79(59)69)52-33-37-54(38-34-52)86(57-41-45-67-63-21-11-15-29-73(63)83(5,6)77(67)49-57)58-42-46-68-64-22-12-16-30-74(64)84(7,8)78(68)50-58/h9-50H,1-8H3. The summed E-state index contributed by atoms with van der Waals surface area (Å²) in [7, 11) is 0. The summed E-state index contributed by atoms with van der Waals surface area (Å²) in [6.07, 6.45) is 0. The second kappa shape index (κ2) is 18.3. The molecule has 0 saturated heterocycles. The normalized spacial score (nSPS) is 15.3. The molecule has 13 aromatic rings. The van der Waals surface area contributed by atoms with Crippen LogP contribution in [0.4, 0.5) is 34.1 Å². The fourth-order valence-corrected chi connectivity index (χ4v) is 16.1. The van der Waals surface area contributed by atoms with Gasteiger partial charge in [0.25, 0.3) is 0 Å². The first-order valence-corrected chi connectivity index (χ1v) is 30.9. The molecule has 1 heterocycles. The van der Waals surface area contributed by atoms with Crippen molar-refractivity contribution in [3.63, 3.8) is 0 Å². The van der Waals surface area contributed by atoms with E-state index in [1.165, 1.54) is 89.0 Å². The van der Waals surface area contributed by atoms with Crippen molar-refractivity contribution < 1.29 is 4.42 Å². The van der Waals surface area contributed by atoms with E-state index in [1.54, 1.807) is 0 Å². The lowest BCUT2D eigenvalue weighted by Gasteiger charge is -2.30. The Morgan fingerprint density at radius 2 is 0.460 bits per heavy atom. The summed E-state index contributed by atoms with van der Waals surface area (Å²) in [6.45, 7) is 18.9. The lowest BCUT2D eigenvalue weighted by molar-refractivity contribution is 0.659. The van der Waals surface area contributed by atoms with Crippen LogP contribution in [0.15, 0.2) is 259 Å². The summed E-state index contributed by atoms with van der Waals surface area (Å²) >= 11 is 0. The number of para-hydroxylation sites is 2. The molecule has 0 radical (unpaired) electrons. The molecule has 0 aliphatic heterocycles. The first-order chi connectivity index (χ1) is 42.2. The predicted octanol–water partition coefficient (Wildman–Crippen LogP) is 23.1. The smallest absolute Gasteiger partial charge is 0.143 e. The van der Waals surface area contributed by atoms with Crippen LogP contribution in [0.3, 0.4) is 0 Å². The maximum atomic E-state index is 7.19. The number of fused-ring (bicyclic) bond motifs is 15. The third-order valence-corrected chi connectivity index (χ3v) is 20.7. The van der Waals surface area contributed by atoms with Crippen LogP contribution in [0, 0.1) is 0 Å². The highest BCUT2D eigenvalue weighted by atomic mass is 16.3. The molecule has 1 aromatic heterocycles. The molecule has 0 unspecified atom stereocenters. The van der Waals surface area contributed by atoms with E-state index >= 15 is 0 Å².